The van der Waals surface area contributed by atoms with Gasteiger partial charge in [0.25, 0.3) is 0 Å². The van der Waals surface area contributed by atoms with Crippen molar-refractivity contribution < 1.29 is 4.39 Å². The summed E-state index contributed by atoms with van der Waals surface area (Å²) in [6, 6.07) is 5.40. The Morgan fingerprint density at radius 3 is 2.50 bits per heavy atom. The Bertz CT molecular complexity index is 403. The zero-order chi connectivity index (χ0) is 13.2. The monoisotopic (exact) mass is 250 g/mol. The number of nitrogens with zero attached hydrogens (tertiary/aromatic N) is 1. The van der Waals surface area contributed by atoms with Crippen molar-refractivity contribution >= 4 is 5.69 Å². The zero-order valence-corrected chi connectivity index (χ0v) is 11.6. The van der Waals surface area contributed by atoms with Crippen LogP contribution in [-0.2, 0) is 6.54 Å². The Kier molecular flexibility index (Phi) is 3.91. The second kappa shape index (κ2) is 5.27. The van der Waals surface area contributed by atoms with Gasteiger partial charge < -0.3 is 10.2 Å². The highest BCUT2D eigenvalue weighted by atomic mass is 19.1. The van der Waals surface area contributed by atoms with E-state index in [4.69, 9.17) is 0 Å². The summed E-state index contributed by atoms with van der Waals surface area (Å²) in [4.78, 5) is 2.29. The van der Waals surface area contributed by atoms with E-state index in [1.807, 2.05) is 12.1 Å². The largest absolute Gasteiger partial charge is 0.371 e. The molecule has 0 aliphatic carbocycles. The molecule has 2 rings (SSSR count). The van der Waals surface area contributed by atoms with E-state index in [0.29, 0.717) is 6.54 Å². The SMILES string of the molecule is CC(C)(C)NCc1c(F)cccc1N1CCCC1. The van der Waals surface area contributed by atoms with E-state index in [1.54, 1.807) is 6.07 Å². The van der Waals surface area contributed by atoms with Gasteiger partial charge in [0.05, 0.1) is 0 Å². The summed E-state index contributed by atoms with van der Waals surface area (Å²) in [5.41, 5.74) is 1.86. The number of hydrogen-bond donors (Lipinski definition) is 1. The zero-order valence-electron chi connectivity index (χ0n) is 11.6. The molecule has 0 unspecified atom stereocenters. The van der Waals surface area contributed by atoms with E-state index in [9.17, 15) is 4.39 Å². The Balaban J connectivity index is 2.21. The van der Waals surface area contributed by atoms with Gasteiger partial charge in [0, 0.05) is 36.4 Å². The van der Waals surface area contributed by atoms with Crippen LogP contribution >= 0.6 is 0 Å². The molecule has 3 heteroatoms. The molecule has 0 radical (unpaired) electrons. The van der Waals surface area contributed by atoms with Crippen molar-refractivity contribution in [2.24, 2.45) is 0 Å². The third-order valence-electron chi connectivity index (χ3n) is 3.34. The Morgan fingerprint density at radius 1 is 1.22 bits per heavy atom. The summed E-state index contributed by atoms with van der Waals surface area (Å²) >= 11 is 0. The van der Waals surface area contributed by atoms with Crippen LogP contribution in [0.2, 0.25) is 0 Å². The molecule has 1 heterocycles. The fraction of sp³-hybridized carbons (Fsp3) is 0.600. The van der Waals surface area contributed by atoms with Crippen molar-refractivity contribution in [3.8, 4) is 0 Å². The minimum atomic E-state index is -0.101. The predicted octanol–water partition coefficient (Wildman–Crippen LogP) is 3.31. The van der Waals surface area contributed by atoms with Gasteiger partial charge in [-0.3, -0.25) is 0 Å². The van der Waals surface area contributed by atoms with Gasteiger partial charge in [-0.25, -0.2) is 4.39 Å². The molecule has 100 valence electrons. The van der Waals surface area contributed by atoms with Gasteiger partial charge in [-0.2, -0.15) is 0 Å². The maximum atomic E-state index is 14.0. The number of benzene rings is 1. The van der Waals surface area contributed by atoms with Crippen molar-refractivity contribution in [3.05, 3.63) is 29.6 Å². The van der Waals surface area contributed by atoms with Crippen LogP contribution in [0.4, 0.5) is 10.1 Å². The summed E-state index contributed by atoms with van der Waals surface area (Å²) in [6.07, 6.45) is 2.42. The van der Waals surface area contributed by atoms with Crippen LogP contribution in [0, 0.1) is 5.82 Å². The summed E-state index contributed by atoms with van der Waals surface area (Å²) in [5.74, 6) is -0.101. The van der Waals surface area contributed by atoms with Crippen molar-refractivity contribution in [3.63, 3.8) is 0 Å². The third kappa shape index (κ3) is 3.22. The van der Waals surface area contributed by atoms with E-state index in [-0.39, 0.29) is 11.4 Å². The minimum Gasteiger partial charge on any atom is -0.371 e. The maximum absolute atomic E-state index is 14.0. The van der Waals surface area contributed by atoms with Crippen molar-refractivity contribution in [2.75, 3.05) is 18.0 Å². The van der Waals surface area contributed by atoms with Crippen LogP contribution in [-0.4, -0.2) is 18.6 Å². The van der Waals surface area contributed by atoms with E-state index in [1.165, 1.54) is 12.8 Å². The van der Waals surface area contributed by atoms with Crippen molar-refractivity contribution in [1.29, 1.82) is 0 Å². The lowest BCUT2D eigenvalue weighted by Gasteiger charge is -2.25. The Morgan fingerprint density at radius 2 is 1.89 bits per heavy atom. The highest BCUT2D eigenvalue weighted by Gasteiger charge is 2.19. The van der Waals surface area contributed by atoms with Gasteiger partial charge in [0.2, 0.25) is 0 Å². The van der Waals surface area contributed by atoms with Gasteiger partial charge >= 0.3 is 0 Å². The molecule has 0 spiro atoms. The Hall–Kier alpha value is -1.09. The quantitative estimate of drug-likeness (QED) is 0.885. The second-order valence-corrected chi connectivity index (χ2v) is 6.04. The standard InChI is InChI=1S/C15H23FN2/c1-15(2,3)17-11-12-13(16)7-6-8-14(12)18-9-4-5-10-18/h6-8,17H,4-5,9-11H2,1-3H3. The molecule has 1 saturated heterocycles. The lowest BCUT2D eigenvalue weighted by Crippen LogP contribution is -2.36. The van der Waals surface area contributed by atoms with Gasteiger partial charge in [0.15, 0.2) is 0 Å². The molecule has 1 aromatic carbocycles. The van der Waals surface area contributed by atoms with Crippen molar-refractivity contribution in [2.45, 2.75) is 45.7 Å². The molecule has 18 heavy (non-hydrogen) atoms. The first kappa shape index (κ1) is 13.3. The lowest BCUT2D eigenvalue weighted by molar-refractivity contribution is 0.418. The minimum absolute atomic E-state index is 0.00452. The molecule has 0 aromatic heterocycles. The van der Waals surface area contributed by atoms with Crippen molar-refractivity contribution in [1.82, 2.24) is 5.32 Å². The normalized spacial score (nSPS) is 16.3. The molecule has 0 atom stereocenters. The lowest BCUT2D eigenvalue weighted by atomic mass is 10.1. The smallest absolute Gasteiger partial charge is 0.129 e. The third-order valence-corrected chi connectivity index (χ3v) is 3.34. The average molecular weight is 250 g/mol. The first-order valence-corrected chi connectivity index (χ1v) is 6.75. The van der Waals surface area contributed by atoms with Crippen LogP contribution in [0.5, 0.6) is 0 Å². The predicted molar refractivity (Wildman–Crippen MR) is 74.4 cm³/mol. The van der Waals surface area contributed by atoms with Crippen LogP contribution in [0.1, 0.15) is 39.2 Å². The fourth-order valence-electron chi connectivity index (χ4n) is 2.33. The topological polar surface area (TPSA) is 15.3 Å². The molecule has 1 fully saturated rings. The average Bonchev–Trinajstić information content (AvgIpc) is 2.79. The summed E-state index contributed by atoms with van der Waals surface area (Å²) in [7, 11) is 0. The summed E-state index contributed by atoms with van der Waals surface area (Å²) in [6.45, 7) is 8.98. The molecule has 0 saturated carbocycles. The molecule has 0 amide bonds. The molecule has 1 aliphatic rings. The number of nitrogens with one attached hydrogen (secondary N) is 1. The van der Waals surface area contributed by atoms with E-state index < -0.39 is 0 Å². The van der Waals surface area contributed by atoms with Crippen LogP contribution in [0.25, 0.3) is 0 Å². The highest BCUT2D eigenvalue weighted by molar-refractivity contribution is 5.54. The summed E-state index contributed by atoms with van der Waals surface area (Å²) < 4.78 is 14.0. The second-order valence-electron chi connectivity index (χ2n) is 6.04. The van der Waals surface area contributed by atoms with E-state index in [2.05, 4.69) is 31.0 Å². The molecule has 2 nitrogen and oxygen atoms in total. The molecule has 1 aliphatic heterocycles. The first-order valence-electron chi connectivity index (χ1n) is 6.75. The van der Waals surface area contributed by atoms with E-state index >= 15 is 0 Å². The van der Waals surface area contributed by atoms with Gasteiger partial charge in [-0.1, -0.05) is 6.07 Å². The number of rotatable bonds is 3. The molecule has 1 aromatic rings. The number of halogens is 1. The first-order chi connectivity index (χ1) is 8.47. The highest BCUT2D eigenvalue weighted by Crippen LogP contribution is 2.26. The molecule has 1 N–H and O–H groups in total. The molecule has 0 bridgehead atoms. The Labute approximate surface area is 109 Å². The van der Waals surface area contributed by atoms with Crippen LogP contribution < -0.4 is 10.2 Å². The van der Waals surface area contributed by atoms with Gasteiger partial charge in [0.1, 0.15) is 5.82 Å². The van der Waals surface area contributed by atoms with Crippen LogP contribution in [0.3, 0.4) is 0 Å². The maximum Gasteiger partial charge on any atom is 0.129 e. The van der Waals surface area contributed by atoms with Crippen LogP contribution in [0.15, 0.2) is 18.2 Å². The molecular formula is C15H23FN2. The van der Waals surface area contributed by atoms with Gasteiger partial charge in [-0.15, -0.1) is 0 Å². The fourth-order valence-corrected chi connectivity index (χ4v) is 2.33. The van der Waals surface area contributed by atoms with E-state index in [0.717, 1.165) is 24.3 Å². The summed E-state index contributed by atoms with van der Waals surface area (Å²) in [5, 5.41) is 3.38. The number of hydrogen-bond acceptors (Lipinski definition) is 2. The molecular weight excluding hydrogens is 227 g/mol. The van der Waals surface area contributed by atoms with Gasteiger partial charge in [-0.05, 0) is 45.7 Å². The number of anilines is 1.